The van der Waals surface area contributed by atoms with Crippen molar-refractivity contribution in [2.75, 3.05) is 0 Å². The lowest BCUT2D eigenvalue weighted by Crippen LogP contribution is -1.99. The third-order valence-corrected chi connectivity index (χ3v) is 12.3. The van der Waals surface area contributed by atoms with Gasteiger partial charge in [0.1, 0.15) is 0 Å². The van der Waals surface area contributed by atoms with Crippen LogP contribution in [0.1, 0.15) is 0 Å². The highest BCUT2D eigenvalue weighted by Gasteiger charge is 2.20. The number of nitrogens with zero attached hydrogens (tertiary/aromatic N) is 4. The van der Waals surface area contributed by atoms with Crippen LogP contribution in [0.3, 0.4) is 0 Å². The highest BCUT2D eigenvalue weighted by atomic mass is 15.0. The first-order valence-corrected chi connectivity index (χ1v) is 19.9. The number of aromatic nitrogens is 4. The molecule has 4 nitrogen and oxygen atoms in total. The van der Waals surface area contributed by atoms with Crippen molar-refractivity contribution in [3.05, 3.63) is 206 Å². The maximum atomic E-state index is 2.45. The lowest BCUT2D eigenvalue weighted by Gasteiger charge is -2.13. The molecule has 0 unspecified atom stereocenters. The SMILES string of the molecule is c1cc(-n2c3ccccc3c3ccccc32)cc(-n2c3ccc(-n4c5ccccc5c5ccccc54)cc3c3cc(-n4c5ccccc5c5ccccc54)ccc32)c1. The van der Waals surface area contributed by atoms with E-state index in [0.29, 0.717) is 0 Å². The van der Waals surface area contributed by atoms with Gasteiger partial charge in [0.25, 0.3) is 0 Å². The molecule has 0 atom stereocenters. The van der Waals surface area contributed by atoms with Gasteiger partial charge in [-0.05, 0) is 91.0 Å². The zero-order valence-corrected chi connectivity index (χ0v) is 31.4. The molecule has 0 amide bonds. The monoisotopic (exact) mass is 738 g/mol. The minimum atomic E-state index is 1.12. The van der Waals surface area contributed by atoms with Crippen LogP contribution < -0.4 is 0 Å². The molecule has 0 N–H and O–H groups in total. The minimum absolute atomic E-state index is 1.12. The van der Waals surface area contributed by atoms with Gasteiger partial charge >= 0.3 is 0 Å². The summed E-state index contributed by atoms with van der Waals surface area (Å²) < 4.78 is 9.70. The van der Waals surface area contributed by atoms with Crippen molar-refractivity contribution in [2.45, 2.75) is 0 Å². The van der Waals surface area contributed by atoms with Crippen LogP contribution in [0.25, 0.3) is 110 Å². The van der Waals surface area contributed by atoms with Crippen LogP contribution in [0, 0.1) is 0 Å². The molecule has 4 heterocycles. The van der Waals surface area contributed by atoms with Gasteiger partial charge in [-0.1, -0.05) is 115 Å². The molecule has 0 saturated carbocycles. The Labute approximate surface area is 333 Å². The van der Waals surface area contributed by atoms with E-state index in [4.69, 9.17) is 0 Å². The number of fused-ring (bicyclic) bond motifs is 12. The fourth-order valence-electron chi connectivity index (χ4n) is 9.93. The van der Waals surface area contributed by atoms with Crippen molar-refractivity contribution < 1.29 is 0 Å². The normalized spacial score (nSPS) is 12.1. The molecule has 0 saturated heterocycles. The molecule has 270 valence electrons. The summed E-state index contributed by atoms with van der Waals surface area (Å²) in [6, 6.07) is 75.6. The third kappa shape index (κ3) is 4.29. The highest BCUT2D eigenvalue weighted by Crippen LogP contribution is 2.40. The van der Waals surface area contributed by atoms with Gasteiger partial charge in [0, 0.05) is 65.8 Å². The van der Waals surface area contributed by atoms with Gasteiger partial charge in [-0.2, -0.15) is 0 Å². The Balaban J connectivity index is 1.10. The smallest absolute Gasteiger partial charge is 0.0542 e. The summed E-state index contributed by atoms with van der Waals surface area (Å²) in [5, 5.41) is 9.98. The average molecular weight is 739 g/mol. The lowest BCUT2D eigenvalue weighted by molar-refractivity contribution is 1.13. The predicted octanol–water partition coefficient (Wildman–Crippen LogP) is 14.1. The zero-order chi connectivity index (χ0) is 37.9. The molecule has 13 rings (SSSR count). The summed E-state index contributed by atoms with van der Waals surface area (Å²) in [4.78, 5) is 0. The Morgan fingerprint density at radius 3 is 0.707 bits per heavy atom. The van der Waals surface area contributed by atoms with E-state index in [-0.39, 0.29) is 0 Å². The fraction of sp³-hybridized carbons (Fsp3) is 0. The summed E-state index contributed by atoms with van der Waals surface area (Å²) in [6.45, 7) is 0. The second-order valence-corrected chi connectivity index (χ2v) is 15.4. The van der Waals surface area contributed by atoms with Gasteiger partial charge in [0.15, 0.2) is 0 Å². The second-order valence-electron chi connectivity index (χ2n) is 15.4. The van der Waals surface area contributed by atoms with Crippen molar-refractivity contribution >= 4 is 87.2 Å². The van der Waals surface area contributed by atoms with Crippen LogP contribution in [-0.4, -0.2) is 18.3 Å². The number of benzene rings is 9. The van der Waals surface area contributed by atoms with Crippen molar-refractivity contribution in [3.8, 4) is 22.7 Å². The van der Waals surface area contributed by atoms with E-state index in [1.807, 2.05) is 0 Å². The molecule has 13 aromatic rings. The van der Waals surface area contributed by atoms with Gasteiger partial charge in [-0.25, -0.2) is 0 Å². The summed E-state index contributed by atoms with van der Waals surface area (Å²) >= 11 is 0. The van der Waals surface area contributed by atoms with Crippen molar-refractivity contribution in [1.29, 1.82) is 0 Å². The standard InChI is InChI=1S/C54H34N4/c1-7-22-47-39(16-1)40-17-2-8-23-48(40)55(47)35-14-13-15-36(32-35)56-53-30-28-37(57-49-24-9-3-18-41(49)42-19-4-10-25-50(42)57)33-45(53)46-34-38(29-31-54(46)56)58-51-26-11-5-20-43(51)44-21-6-12-27-52(44)58/h1-34H. The molecule has 0 spiro atoms. The number of rotatable bonds is 4. The summed E-state index contributed by atoms with van der Waals surface area (Å²) in [5.74, 6) is 0. The average Bonchev–Trinajstić information content (AvgIpc) is 4.01. The number of para-hydroxylation sites is 6. The topological polar surface area (TPSA) is 19.7 Å². The van der Waals surface area contributed by atoms with E-state index < -0.39 is 0 Å². The van der Waals surface area contributed by atoms with Crippen molar-refractivity contribution in [3.63, 3.8) is 0 Å². The van der Waals surface area contributed by atoms with Crippen LogP contribution >= 0.6 is 0 Å². The number of hydrogen-bond donors (Lipinski definition) is 0. The van der Waals surface area contributed by atoms with Crippen molar-refractivity contribution in [2.24, 2.45) is 0 Å². The zero-order valence-electron chi connectivity index (χ0n) is 31.4. The molecule has 9 aromatic carbocycles. The van der Waals surface area contributed by atoms with Gasteiger partial charge in [0.2, 0.25) is 0 Å². The summed E-state index contributed by atoms with van der Waals surface area (Å²) in [5.41, 5.74) is 14.1. The van der Waals surface area contributed by atoms with E-state index in [2.05, 4.69) is 225 Å². The molecule has 0 radical (unpaired) electrons. The van der Waals surface area contributed by atoms with Gasteiger partial charge in [-0.3, -0.25) is 0 Å². The Morgan fingerprint density at radius 1 is 0.172 bits per heavy atom. The molecular weight excluding hydrogens is 705 g/mol. The lowest BCUT2D eigenvalue weighted by atomic mass is 10.1. The van der Waals surface area contributed by atoms with E-state index >= 15 is 0 Å². The van der Waals surface area contributed by atoms with Gasteiger partial charge in [-0.15, -0.1) is 0 Å². The van der Waals surface area contributed by atoms with Crippen LogP contribution in [0.4, 0.5) is 0 Å². The predicted molar refractivity (Wildman–Crippen MR) is 244 cm³/mol. The fourth-order valence-corrected chi connectivity index (χ4v) is 9.93. The first-order valence-electron chi connectivity index (χ1n) is 19.9. The molecule has 0 bridgehead atoms. The quantitative estimate of drug-likeness (QED) is 0.171. The largest absolute Gasteiger partial charge is 0.309 e. The first-order chi connectivity index (χ1) is 28.8. The van der Waals surface area contributed by atoms with Crippen LogP contribution in [0.2, 0.25) is 0 Å². The molecular formula is C54H34N4. The van der Waals surface area contributed by atoms with Gasteiger partial charge in [0.05, 0.1) is 44.1 Å². The Morgan fingerprint density at radius 2 is 0.414 bits per heavy atom. The molecule has 0 aliphatic heterocycles. The summed E-state index contributed by atoms with van der Waals surface area (Å²) in [7, 11) is 0. The van der Waals surface area contributed by atoms with Crippen LogP contribution in [0.15, 0.2) is 206 Å². The Hall–Kier alpha value is -7.82. The Kier molecular flexibility index (Phi) is 6.41. The molecule has 4 aromatic heterocycles. The van der Waals surface area contributed by atoms with Crippen LogP contribution in [-0.2, 0) is 0 Å². The van der Waals surface area contributed by atoms with E-state index in [0.717, 1.165) is 22.7 Å². The summed E-state index contributed by atoms with van der Waals surface area (Å²) in [6.07, 6.45) is 0. The van der Waals surface area contributed by atoms with Gasteiger partial charge < -0.3 is 18.3 Å². The van der Waals surface area contributed by atoms with Crippen molar-refractivity contribution in [1.82, 2.24) is 18.3 Å². The molecule has 58 heavy (non-hydrogen) atoms. The second kappa shape index (κ2) is 11.8. The maximum Gasteiger partial charge on any atom is 0.0542 e. The van der Waals surface area contributed by atoms with E-state index in [1.165, 1.54) is 87.2 Å². The van der Waals surface area contributed by atoms with E-state index in [9.17, 15) is 0 Å². The number of hydrogen-bond acceptors (Lipinski definition) is 0. The first kappa shape index (κ1) is 31.4. The molecule has 0 aliphatic carbocycles. The minimum Gasteiger partial charge on any atom is -0.309 e. The molecule has 0 aliphatic rings. The molecule has 0 fully saturated rings. The highest BCUT2D eigenvalue weighted by molar-refractivity contribution is 6.14. The van der Waals surface area contributed by atoms with E-state index in [1.54, 1.807) is 0 Å². The molecule has 4 heteroatoms. The van der Waals surface area contributed by atoms with Crippen LogP contribution in [0.5, 0.6) is 0 Å². The Bertz CT molecular complexity index is 3480. The third-order valence-electron chi connectivity index (χ3n) is 12.3. The maximum absolute atomic E-state index is 2.45.